The van der Waals surface area contributed by atoms with Crippen molar-refractivity contribution in [2.75, 3.05) is 0 Å². The third-order valence-electron chi connectivity index (χ3n) is 3.29. The number of hydrogen-bond acceptors (Lipinski definition) is 1. The standard InChI is InChI=1S/C16H13ClF2O2/c17-13-5-3-7-15(19)12(13)9-11(16(20)21)8-10-4-1-2-6-14(10)18/h1-7,11H,8-9H2,(H,20,21). The molecular weight excluding hydrogens is 298 g/mol. The Hall–Kier alpha value is -1.94. The van der Waals surface area contributed by atoms with E-state index in [4.69, 9.17) is 11.6 Å². The van der Waals surface area contributed by atoms with E-state index in [1.807, 2.05) is 0 Å². The molecule has 0 spiro atoms. The van der Waals surface area contributed by atoms with Gasteiger partial charge in [-0.2, -0.15) is 0 Å². The van der Waals surface area contributed by atoms with Gasteiger partial charge in [0.1, 0.15) is 11.6 Å². The second-order valence-electron chi connectivity index (χ2n) is 4.74. The zero-order valence-electron chi connectivity index (χ0n) is 11.0. The van der Waals surface area contributed by atoms with Crippen molar-refractivity contribution in [3.63, 3.8) is 0 Å². The third-order valence-corrected chi connectivity index (χ3v) is 3.64. The Labute approximate surface area is 126 Å². The second kappa shape index (κ2) is 6.68. The van der Waals surface area contributed by atoms with Crippen molar-refractivity contribution in [1.82, 2.24) is 0 Å². The molecule has 0 saturated heterocycles. The largest absolute Gasteiger partial charge is 0.481 e. The summed E-state index contributed by atoms with van der Waals surface area (Å²) in [5.41, 5.74) is 0.431. The van der Waals surface area contributed by atoms with E-state index in [2.05, 4.69) is 0 Å². The van der Waals surface area contributed by atoms with Gasteiger partial charge in [-0.15, -0.1) is 0 Å². The first-order valence-electron chi connectivity index (χ1n) is 6.38. The maximum Gasteiger partial charge on any atom is 0.307 e. The van der Waals surface area contributed by atoms with Crippen LogP contribution in [0.2, 0.25) is 5.02 Å². The summed E-state index contributed by atoms with van der Waals surface area (Å²) in [4.78, 5) is 11.4. The van der Waals surface area contributed by atoms with Gasteiger partial charge in [-0.1, -0.05) is 35.9 Å². The van der Waals surface area contributed by atoms with Crippen LogP contribution in [0.4, 0.5) is 8.78 Å². The van der Waals surface area contributed by atoms with E-state index in [1.165, 1.54) is 36.4 Å². The van der Waals surface area contributed by atoms with Gasteiger partial charge in [-0.3, -0.25) is 4.79 Å². The molecule has 1 unspecified atom stereocenters. The summed E-state index contributed by atoms with van der Waals surface area (Å²) in [6.07, 6.45) is -0.109. The van der Waals surface area contributed by atoms with Crippen LogP contribution in [0, 0.1) is 17.6 Å². The zero-order chi connectivity index (χ0) is 15.4. The summed E-state index contributed by atoms with van der Waals surface area (Å²) in [6, 6.07) is 10.1. The van der Waals surface area contributed by atoms with Crippen molar-refractivity contribution in [3.8, 4) is 0 Å². The molecule has 0 heterocycles. The minimum absolute atomic E-state index is 0.0212. The van der Waals surface area contributed by atoms with Crippen molar-refractivity contribution in [3.05, 3.63) is 70.2 Å². The number of aliphatic carboxylic acids is 1. The summed E-state index contributed by atoms with van der Waals surface area (Å²) in [5, 5.41) is 9.46. The number of rotatable bonds is 5. The Kier molecular flexibility index (Phi) is 4.91. The predicted octanol–water partition coefficient (Wildman–Crippen LogP) is 4.10. The van der Waals surface area contributed by atoms with Gasteiger partial charge in [0.15, 0.2) is 0 Å². The number of hydrogen-bond donors (Lipinski definition) is 1. The Morgan fingerprint density at radius 1 is 1.05 bits per heavy atom. The first kappa shape index (κ1) is 15.4. The van der Waals surface area contributed by atoms with Crippen LogP contribution in [-0.2, 0) is 17.6 Å². The highest BCUT2D eigenvalue weighted by atomic mass is 35.5. The number of carboxylic acid groups (broad SMARTS) is 1. The van der Waals surface area contributed by atoms with Crippen LogP contribution in [-0.4, -0.2) is 11.1 Å². The molecule has 0 aromatic heterocycles. The molecule has 0 amide bonds. The van der Waals surface area contributed by atoms with E-state index >= 15 is 0 Å². The lowest BCUT2D eigenvalue weighted by atomic mass is 9.92. The van der Waals surface area contributed by atoms with Gasteiger partial charge >= 0.3 is 5.97 Å². The zero-order valence-corrected chi connectivity index (χ0v) is 11.8. The van der Waals surface area contributed by atoms with Gasteiger partial charge in [0.25, 0.3) is 0 Å². The molecular formula is C16H13ClF2O2. The van der Waals surface area contributed by atoms with Gasteiger partial charge in [0.2, 0.25) is 0 Å². The van der Waals surface area contributed by atoms with E-state index in [0.29, 0.717) is 0 Å². The van der Waals surface area contributed by atoms with Crippen LogP contribution in [0.1, 0.15) is 11.1 Å². The summed E-state index contributed by atoms with van der Waals surface area (Å²) in [7, 11) is 0. The second-order valence-corrected chi connectivity index (χ2v) is 5.14. The fraction of sp³-hybridized carbons (Fsp3) is 0.188. The molecule has 21 heavy (non-hydrogen) atoms. The molecule has 0 radical (unpaired) electrons. The van der Waals surface area contributed by atoms with E-state index in [9.17, 15) is 18.7 Å². The van der Waals surface area contributed by atoms with E-state index in [0.717, 1.165) is 0 Å². The molecule has 0 saturated carbocycles. The molecule has 0 aliphatic rings. The first-order valence-corrected chi connectivity index (χ1v) is 6.76. The highest BCUT2D eigenvalue weighted by Gasteiger charge is 2.22. The summed E-state index contributed by atoms with van der Waals surface area (Å²) < 4.78 is 27.4. The maximum atomic E-state index is 13.7. The number of carbonyl (C=O) groups is 1. The van der Waals surface area contributed by atoms with Crippen LogP contribution >= 0.6 is 11.6 Å². The minimum Gasteiger partial charge on any atom is -0.481 e. The molecule has 110 valence electrons. The lowest BCUT2D eigenvalue weighted by Crippen LogP contribution is -2.20. The van der Waals surface area contributed by atoms with Crippen LogP contribution < -0.4 is 0 Å². The fourth-order valence-corrected chi connectivity index (χ4v) is 2.39. The Bertz CT molecular complexity index is 638. The Morgan fingerprint density at radius 3 is 2.33 bits per heavy atom. The normalized spacial score (nSPS) is 12.1. The minimum atomic E-state index is -1.11. The quantitative estimate of drug-likeness (QED) is 0.902. The van der Waals surface area contributed by atoms with E-state index in [-0.39, 0.29) is 29.0 Å². The summed E-state index contributed by atoms with van der Waals surface area (Å²) in [6.45, 7) is 0. The van der Waals surface area contributed by atoms with Crippen molar-refractivity contribution in [1.29, 1.82) is 0 Å². The SMILES string of the molecule is O=C(O)C(Cc1ccccc1F)Cc1c(F)cccc1Cl. The summed E-state index contributed by atoms with van der Waals surface area (Å²) in [5.74, 6) is -3.08. The smallest absolute Gasteiger partial charge is 0.307 e. The number of halogens is 3. The molecule has 0 aliphatic carbocycles. The van der Waals surface area contributed by atoms with Crippen molar-refractivity contribution in [2.24, 2.45) is 5.92 Å². The molecule has 2 rings (SSSR count). The first-order chi connectivity index (χ1) is 9.99. The van der Waals surface area contributed by atoms with Gasteiger partial charge in [0.05, 0.1) is 5.92 Å². The Balaban J connectivity index is 2.25. The topological polar surface area (TPSA) is 37.3 Å². The molecule has 0 fully saturated rings. The molecule has 1 atom stereocenters. The number of benzene rings is 2. The van der Waals surface area contributed by atoms with Crippen molar-refractivity contribution >= 4 is 17.6 Å². The highest BCUT2D eigenvalue weighted by Crippen LogP contribution is 2.24. The molecule has 2 aromatic carbocycles. The average molecular weight is 311 g/mol. The lowest BCUT2D eigenvalue weighted by molar-refractivity contribution is -0.141. The van der Waals surface area contributed by atoms with Crippen LogP contribution in [0.5, 0.6) is 0 Å². The molecule has 0 aliphatic heterocycles. The molecule has 0 bridgehead atoms. The van der Waals surface area contributed by atoms with Gasteiger partial charge in [-0.25, -0.2) is 8.78 Å². The van der Waals surface area contributed by atoms with Crippen LogP contribution in [0.3, 0.4) is 0 Å². The third kappa shape index (κ3) is 3.79. The fourth-order valence-electron chi connectivity index (χ4n) is 2.15. The van der Waals surface area contributed by atoms with Crippen LogP contribution in [0.15, 0.2) is 42.5 Å². The highest BCUT2D eigenvalue weighted by molar-refractivity contribution is 6.31. The molecule has 2 aromatic rings. The van der Waals surface area contributed by atoms with Gasteiger partial charge < -0.3 is 5.11 Å². The molecule has 5 heteroatoms. The molecule has 1 N–H and O–H groups in total. The van der Waals surface area contributed by atoms with E-state index < -0.39 is 23.5 Å². The summed E-state index contributed by atoms with van der Waals surface area (Å²) >= 11 is 5.91. The molecule has 2 nitrogen and oxygen atoms in total. The van der Waals surface area contributed by atoms with Gasteiger partial charge in [-0.05, 0) is 36.6 Å². The Morgan fingerprint density at radius 2 is 1.71 bits per heavy atom. The van der Waals surface area contributed by atoms with E-state index in [1.54, 1.807) is 6.07 Å². The van der Waals surface area contributed by atoms with Gasteiger partial charge in [0, 0.05) is 10.6 Å². The monoisotopic (exact) mass is 310 g/mol. The van der Waals surface area contributed by atoms with Crippen molar-refractivity contribution < 1.29 is 18.7 Å². The maximum absolute atomic E-state index is 13.7. The van der Waals surface area contributed by atoms with Crippen LogP contribution in [0.25, 0.3) is 0 Å². The number of carboxylic acids is 1. The van der Waals surface area contributed by atoms with Crippen molar-refractivity contribution in [2.45, 2.75) is 12.8 Å². The lowest BCUT2D eigenvalue weighted by Gasteiger charge is -2.14. The average Bonchev–Trinajstić information content (AvgIpc) is 2.43. The predicted molar refractivity (Wildman–Crippen MR) is 76.3 cm³/mol.